The molecule has 1 aromatic rings. The maximum absolute atomic E-state index is 5.55. The molecule has 0 spiro atoms. The van der Waals surface area contributed by atoms with E-state index in [1.807, 2.05) is 13.1 Å². The Morgan fingerprint density at radius 3 is 3.06 bits per heavy atom. The first-order valence-corrected chi connectivity index (χ1v) is 6.59. The monoisotopic (exact) mass is 249 g/mol. The van der Waals surface area contributed by atoms with Crippen LogP contribution < -0.4 is 5.32 Å². The molecule has 1 aromatic heterocycles. The molecule has 4 nitrogen and oxygen atoms in total. The van der Waals surface area contributed by atoms with Gasteiger partial charge in [0.05, 0.1) is 12.9 Å². The summed E-state index contributed by atoms with van der Waals surface area (Å²) in [7, 11) is 0. The molecule has 0 unspecified atom stereocenters. The Hall–Kier alpha value is -1.31. The van der Waals surface area contributed by atoms with Gasteiger partial charge in [-0.3, -0.25) is 0 Å². The third-order valence-corrected chi connectivity index (χ3v) is 2.57. The Bertz CT molecular complexity index is 338. The molecule has 2 N–H and O–H groups in total. The van der Waals surface area contributed by atoms with Gasteiger partial charge < -0.3 is 15.0 Å². The van der Waals surface area contributed by atoms with E-state index in [-0.39, 0.29) is 0 Å². The van der Waals surface area contributed by atoms with Gasteiger partial charge >= 0.3 is 0 Å². The fraction of sp³-hybridized carbons (Fsp3) is 0.643. The van der Waals surface area contributed by atoms with E-state index in [4.69, 9.17) is 4.74 Å². The van der Waals surface area contributed by atoms with Gasteiger partial charge in [0.15, 0.2) is 0 Å². The van der Waals surface area contributed by atoms with Gasteiger partial charge in [0, 0.05) is 37.9 Å². The second-order valence-corrected chi connectivity index (χ2v) is 4.07. The molecule has 4 heteroatoms. The summed E-state index contributed by atoms with van der Waals surface area (Å²) in [6.07, 6.45) is 7.65. The van der Waals surface area contributed by atoms with E-state index >= 15 is 0 Å². The minimum atomic E-state index is 0.766. The number of rotatable bonds is 10. The standard InChI is InChI=1S/C14H23N3O/c1-2-3-4-8-15-9-5-6-10-18-11-7-14-12-16-13-17-14/h12-13,15H,4-11H2,1H3,(H,16,17). The van der Waals surface area contributed by atoms with Crippen molar-refractivity contribution in [2.45, 2.75) is 32.6 Å². The lowest BCUT2D eigenvalue weighted by Crippen LogP contribution is -2.16. The summed E-state index contributed by atoms with van der Waals surface area (Å²) < 4.78 is 5.55. The molecular formula is C14H23N3O. The maximum atomic E-state index is 5.55. The predicted octanol–water partition coefficient (Wildman–Crippen LogP) is 1.75. The van der Waals surface area contributed by atoms with Gasteiger partial charge in [-0.2, -0.15) is 0 Å². The van der Waals surface area contributed by atoms with Crippen LogP contribution in [0.25, 0.3) is 0 Å². The van der Waals surface area contributed by atoms with E-state index in [1.165, 1.54) is 0 Å². The van der Waals surface area contributed by atoms with Gasteiger partial charge in [-0.1, -0.05) is 0 Å². The number of hydrogen-bond donors (Lipinski definition) is 2. The van der Waals surface area contributed by atoms with Crippen LogP contribution in [0.2, 0.25) is 0 Å². The third-order valence-electron chi connectivity index (χ3n) is 2.57. The molecule has 0 fully saturated rings. The van der Waals surface area contributed by atoms with Crippen molar-refractivity contribution >= 4 is 0 Å². The summed E-state index contributed by atoms with van der Waals surface area (Å²) in [4.78, 5) is 7.02. The van der Waals surface area contributed by atoms with E-state index in [2.05, 4.69) is 27.1 Å². The molecule has 18 heavy (non-hydrogen) atoms. The Morgan fingerprint density at radius 1 is 1.33 bits per heavy atom. The quantitative estimate of drug-likeness (QED) is 0.490. The minimum absolute atomic E-state index is 0.766. The van der Waals surface area contributed by atoms with Gasteiger partial charge in [-0.05, 0) is 26.3 Å². The molecule has 0 aliphatic heterocycles. The van der Waals surface area contributed by atoms with Crippen molar-refractivity contribution in [3.63, 3.8) is 0 Å². The van der Waals surface area contributed by atoms with Crippen LogP contribution in [-0.2, 0) is 11.2 Å². The highest BCUT2D eigenvalue weighted by atomic mass is 16.5. The first kappa shape index (κ1) is 14.7. The highest BCUT2D eigenvalue weighted by molar-refractivity contribution is 4.95. The zero-order valence-corrected chi connectivity index (χ0v) is 11.2. The SMILES string of the molecule is CC#CCCNCCCCOCCc1cnc[nH]1. The molecule has 0 atom stereocenters. The number of nitrogens with zero attached hydrogens (tertiary/aromatic N) is 1. The highest BCUT2D eigenvalue weighted by Crippen LogP contribution is 1.94. The first-order chi connectivity index (χ1) is 8.93. The lowest BCUT2D eigenvalue weighted by Gasteiger charge is -2.04. The van der Waals surface area contributed by atoms with Crippen LogP contribution in [0, 0.1) is 11.8 Å². The van der Waals surface area contributed by atoms with E-state index < -0.39 is 0 Å². The van der Waals surface area contributed by atoms with E-state index in [0.29, 0.717) is 0 Å². The molecule has 0 aromatic carbocycles. The Labute approximate surface area is 110 Å². The van der Waals surface area contributed by atoms with E-state index in [0.717, 1.165) is 57.7 Å². The fourth-order valence-corrected chi connectivity index (χ4v) is 1.56. The molecule has 0 saturated heterocycles. The van der Waals surface area contributed by atoms with Gasteiger partial charge in [0.25, 0.3) is 0 Å². The molecule has 0 amide bonds. The lowest BCUT2D eigenvalue weighted by molar-refractivity contribution is 0.133. The van der Waals surface area contributed by atoms with Crippen LogP contribution in [-0.4, -0.2) is 36.3 Å². The van der Waals surface area contributed by atoms with Crippen LogP contribution in [0.15, 0.2) is 12.5 Å². The zero-order valence-electron chi connectivity index (χ0n) is 11.2. The summed E-state index contributed by atoms with van der Waals surface area (Å²) in [6.45, 7) is 5.52. The average Bonchev–Trinajstić information content (AvgIpc) is 2.89. The van der Waals surface area contributed by atoms with Crippen LogP contribution in [0.1, 0.15) is 31.9 Å². The van der Waals surface area contributed by atoms with Crippen molar-refractivity contribution in [2.24, 2.45) is 0 Å². The summed E-state index contributed by atoms with van der Waals surface area (Å²) in [5.74, 6) is 5.92. The number of ether oxygens (including phenoxy) is 1. The van der Waals surface area contributed by atoms with Gasteiger partial charge in [-0.15, -0.1) is 11.8 Å². The number of hydrogen-bond acceptors (Lipinski definition) is 3. The van der Waals surface area contributed by atoms with Gasteiger partial charge in [0.2, 0.25) is 0 Å². The fourth-order valence-electron chi connectivity index (χ4n) is 1.56. The smallest absolute Gasteiger partial charge is 0.0921 e. The number of aromatic nitrogens is 2. The molecule has 0 radical (unpaired) electrons. The number of imidazole rings is 1. The second kappa shape index (κ2) is 10.8. The van der Waals surface area contributed by atoms with Crippen LogP contribution in [0.5, 0.6) is 0 Å². The van der Waals surface area contributed by atoms with Crippen molar-refractivity contribution in [3.8, 4) is 11.8 Å². The molecular weight excluding hydrogens is 226 g/mol. The number of H-pyrrole nitrogens is 1. The van der Waals surface area contributed by atoms with Gasteiger partial charge in [-0.25, -0.2) is 4.98 Å². The Morgan fingerprint density at radius 2 is 2.28 bits per heavy atom. The van der Waals surface area contributed by atoms with Gasteiger partial charge in [0.1, 0.15) is 0 Å². The Kier molecular flexibility index (Phi) is 8.87. The van der Waals surface area contributed by atoms with Crippen molar-refractivity contribution in [1.82, 2.24) is 15.3 Å². The first-order valence-electron chi connectivity index (χ1n) is 6.59. The average molecular weight is 249 g/mol. The second-order valence-electron chi connectivity index (χ2n) is 4.07. The van der Waals surface area contributed by atoms with Crippen molar-refractivity contribution < 1.29 is 4.74 Å². The van der Waals surface area contributed by atoms with E-state index in [9.17, 15) is 0 Å². The predicted molar refractivity (Wildman–Crippen MR) is 73.3 cm³/mol. The molecule has 0 saturated carbocycles. The Balaban J connectivity index is 1.77. The highest BCUT2D eigenvalue weighted by Gasteiger charge is 1.94. The van der Waals surface area contributed by atoms with Crippen LogP contribution in [0.4, 0.5) is 0 Å². The van der Waals surface area contributed by atoms with Crippen molar-refractivity contribution in [3.05, 3.63) is 18.2 Å². The summed E-state index contributed by atoms with van der Waals surface area (Å²) in [5.41, 5.74) is 1.13. The summed E-state index contributed by atoms with van der Waals surface area (Å²) in [5, 5.41) is 3.36. The summed E-state index contributed by atoms with van der Waals surface area (Å²) >= 11 is 0. The normalized spacial score (nSPS) is 10.1. The summed E-state index contributed by atoms with van der Waals surface area (Å²) in [6, 6.07) is 0. The molecule has 1 rings (SSSR count). The number of unbranched alkanes of at least 4 members (excludes halogenated alkanes) is 1. The maximum Gasteiger partial charge on any atom is 0.0921 e. The number of nitrogens with one attached hydrogen (secondary N) is 2. The van der Waals surface area contributed by atoms with Crippen LogP contribution >= 0.6 is 0 Å². The molecule has 0 aliphatic rings. The lowest BCUT2D eigenvalue weighted by atomic mass is 10.3. The zero-order chi connectivity index (χ0) is 12.9. The molecule has 100 valence electrons. The third kappa shape index (κ3) is 7.88. The topological polar surface area (TPSA) is 49.9 Å². The molecule has 0 bridgehead atoms. The van der Waals surface area contributed by atoms with Crippen molar-refractivity contribution in [2.75, 3.05) is 26.3 Å². The molecule has 0 aliphatic carbocycles. The largest absolute Gasteiger partial charge is 0.381 e. The van der Waals surface area contributed by atoms with Crippen LogP contribution in [0.3, 0.4) is 0 Å². The minimum Gasteiger partial charge on any atom is -0.381 e. The van der Waals surface area contributed by atoms with Crippen molar-refractivity contribution in [1.29, 1.82) is 0 Å². The molecule has 1 heterocycles. The van der Waals surface area contributed by atoms with E-state index in [1.54, 1.807) is 6.33 Å². The number of aromatic amines is 1.